The Hall–Kier alpha value is -1.77. The van der Waals surface area contributed by atoms with Crippen LogP contribution in [0.1, 0.15) is 20.1 Å². The zero-order valence-corrected chi connectivity index (χ0v) is 11.2. The summed E-state index contributed by atoms with van der Waals surface area (Å²) < 4.78 is 6.69. The van der Waals surface area contributed by atoms with Crippen LogP contribution in [0.5, 0.6) is 0 Å². The van der Waals surface area contributed by atoms with Crippen LogP contribution in [0.4, 0.5) is 5.82 Å². The highest BCUT2D eigenvalue weighted by atomic mass is 16.5. The molecular weight excluding hydrogens is 266 g/mol. The van der Waals surface area contributed by atoms with Gasteiger partial charge in [-0.2, -0.15) is 4.98 Å². The molecular formula is C12H17N3O5. The first-order valence-electron chi connectivity index (χ1n) is 6.25. The lowest BCUT2D eigenvalue weighted by molar-refractivity contribution is -0.114. The molecule has 1 saturated heterocycles. The molecule has 8 heteroatoms. The fraction of sp³-hybridized carbons (Fsp3) is 0.583. The Bertz CT molecular complexity index is 558. The van der Waals surface area contributed by atoms with Crippen LogP contribution in [0.2, 0.25) is 0 Å². The number of aliphatic hydroxyl groups is 2. The topological polar surface area (TPSA) is 114 Å². The zero-order chi connectivity index (χ0) is 14.9. The molecule has 0 aliphatic carbocycles. The first-order chi connectivity index (χ1) is 9.43. The Morgan fingerprint density at radius 2 is 2.30 bits per heavy atom. The largest absolute Gasteiger partial charge is 0.394 e. The number of nitrogens with one attached hydrogen (secondary N) is 1. The molecule has 8 nitrogen and oxygen atoms in total. The third kappa shape index (κ3) is 2.72. The number of hydrogen-bond donors (Lipinski definition) is 3. The summed E-state index contributed by atoms with van der Waals surface area (Å²) in [5.41, 5.74) is -0.598. The van der Waals surface area contributed by atoms with Crippen LogP contribution in [0, 0.1) is 5.92 Å². The van der Waals surface area contributed by atoms with Gasteiger partial charge < -0.3 is 20.3 Å². The van der Waals surface area contributed by atoms with Gasteiger partial charge >= 0.3 is 5.69 Å². The summed E-state index contributed by atoms with van der Waals surface area (Å²) in [7, 11) is 0. The van der Waals surface area contributed by atoms with Gasteiger partial charge in [-0.05, 0) is 6.07 Å². The van der Waals surface area contributed by atoms with Crippen molar-refractivity contribution in [1.29, 1.82) is 0 Å². The van der Waals surface area contributed by atoms with Crippen molar-refractivity contribution in [3.63, 3.8) is 0 Å². The summed E-state index contributed by atoms with van der Waals surface area (Å²) in [5.74, 6) is -0.530. The number of carbonyl (C=O) groups is 1. The number of carbonyl (C=O) groups excluding carboxylic acids is 1. The lowest BCUT2D eigenvalue weighted by Crippen LogP contribution is -2.31. The number of hydrogen-bond acceptors (Lipinski definition) is 6. The van der Waals surface area contributed by atoms with Crippen molar-refractivity contribution >= 4 is 11.7 Å². The van der Waals surface area contributed by atoms with Crippen molar-refractivity contribution in [1.82, 2.24) is 9.55 Å². The second-order valence-electron chi connectivity index (χ2n) is 4.78. The van der Waals surface area contributed by atoms with E-state index in [1.807, 2.05) is 0 Å². The average molecular weight is 283 g/mol. The van der Waals surface area contributed by atoms with Crippen LogP contribution in [0.25, 0.3) is 0 Å². The molecule has 4 atom stereocenters. The fourth-order valence-corrected chi connectivity index (χ4v) is 2.22. The van der Waals surface area contributed by atoms with Gasteiger partial charge in [0, 0.05) is 19.0 Å². The van der Waals surface area contributed by atoms with Gasteiger partial charge in [-0.25, -0.2) is 4.79 Å². The summed E-state index contributed by atoms with van der Waals surface area (Å²) in [6.45, 7) is 2.71. The van der Waals surface area contributed by atoms with Crippen LogP contribution in [-0.4, -0.2) is 44.5 Å². The van der Waals surface area contributed by atoms with E-state index in [4.69, 9.17) is 9.84 Å². The number of rotatable bonds is 3. The van der Waals surface area contributed by atoms with Gasteiger partial charge in [-0.1, -0.05) is 6.92 Å². The highest BCUT2D eigenvalue weighted by molar-refractivity contribution is 5.87. The lowest BCUT2D eigenvalue weighted by atomic mass is 10.0. The van der Waals surface area contributed by atoms with Crippen molar-refractivity contribution in [3.8, 4) is 0 Å². The molecule has 1 amide bonds. The maximum atomic E-state index is 11.9. The summed E-state index contributed by atoms with van der Waals surface area (Å²) in [5, 5.41) is 21.4. The zero-order valence-electron chi connectivity index (χ0n) is 11.2. The van der Waals surface area contributed by atoms with Crippen LogP contribution >= 0.6 is 0 Å². The molecule has 1 aromatic rings. The van der Waals surface area contributed by atoms with Gasteiger partial charge in [0.05, 0.1) is 12.7 Å². The maximum Gasteiger partial charge on any atom is 0.351 e. The number of ether oxygens (including phenoxy) is 1. The number of aromatic nitrogens is 2. The predicted octanol–water partition coefficient (Wildman–Crippen LogP) is -0.912. The Balaban J connectivity index is 2.26. The second-order valence-corrected chi connectivity index (χ2v) is 4.78. The van der Waals surface area contributed by atoms with Crippen LogP contribution in [0.15, 0.2) is 17.1 Å². The normalized spacial score (nSPS) is 29.4. The van der Waals surface area contributed by atoms with Gasteiger partial charge in [-0.15, -0.1) is 0 Å². The fourth-order valence-electron chi connectivity index (χ4n) is 2.22. The molecule has 3 N–H and O–H groups in total. The number of aliphatic hydroxyl groups excluding tert-OH is 2. The summed E-state index contributed by atoms with van der Waals surface area (Å²) in [6.07, 6.45) is -0.841. The minimum absolute atomic E-state index is 0.156. The van der Waals surface area contributed by atoms with E-state index in [0.29, 0.717) is 0 Å². The number of anilines is 1. The third-order valence-electron chi connectivity index (χ3n) is 3.27. The molecule has 1 aliphatic heterocycles. The van der Waals surface area contributed by atoms with E-state index < -0.39 is 24.1 Å². The van der Waals surface area contributed by atoms with E-state index in [-0.39, 0.29) is 24.2 Å². The van der Waals surface area contributed by atoms with Crippen molar-refractivity contribution in [3.05, 3.63) is 22.7 Å². The lowest BCUT2D eigenvalue weighted by Gasteiger charge is -2.18. The van der Waals surface area contributed by atoms with Crippen LogP contribution in [0.3, 0.4) is 0 Å². The first kappa shape index (κ1) is 14.6. The smallest absolute Gasteiger partial charge is 0.351 e. The van der Waals surface area contributed by atoms with E-state index in [1.54, 1.807) is 6.92 Å². The minimum Gasteiger partial charge on any atom is -0.394 e. The van der Waals surface area contributed by atoms with E-state index in [9.17, 15) is 14.7 Å². The Morgan fingerprint density at radius 1 is 1.60 bits per heavy atom. The third-order valence-corrected chi connectivity index (χ3v) is 3.27. The highest BCUT2D eigenvalue weighted by Gasteiger charge is 2.41. The van der Waals surface area contributed by atoms with Crippen LogP contribution in [-0.2, 0) is 9.53 Å². The molecule has 20 heavy (non-hydrogen) atoms. The van der Waals surface area contributed by atoms with Crippen LogP contribution < -0.4 is 11.0 Å². The van der Waals surface area contributed by atoms with Gasteiger partial charge in [0.1, 0.15) is 18.1 Å². The van der Waals surface area contributed by atoms with Crippen molar-refractivity contribution in [2.45, 2.75) is 32.3 Å². The predicted molar refractivity (Wildman–Crippen MR) is 69.0 cm³/mol. The average Bonchev–Trinajstić information content (AvgIpc) is 2.66. The molecule has 0 bridgehead atoms. The van der Waals surface area contributed by atoms with Gasteiger partial charge in [0.15, 0.2) is 0 Å². The van der Waals surface area contributed by atoms with Gasteiger partial charge in [0.2, 0.25) is 5.91 Å². The van der Waals surface area contributed by atoms with E-state index >= 15 is 0 Å². The van der Waals surface area contributed by atoms with Gasteiger partial charge in [-0.3, -0.25) is 9.36 Å². The van der Waals surface area contributed by atoms with E-state index in [0.717, 1.165) is 0 Å². The molecule has 0 spiro atoms. The Morgan fingerprint density at radius 3 is 2.80 bits per heavy atom. The summed E-state index contributed by atoms with van der Waals surface area (Å²) in [4.78, 5) is 26.5. The molecule has 110 valence electrons. The quantitative estimate of drug-likeness (QED) is 0.661. The molecule has 2 rings (SSSR count). The monoisotopic (exact) mass is 283 g/mol. The molecule has 0 aromatic carbocycles. The maximum absolute atomic E-state index is 11.9. The summed E-state index contributed by atoms with van der Waals surface area (Å²) in [6, 6.07) is 1.47. The Kier molecular flexibility index (Phi) is 4.17. The molecule has 2 heterocycles. The van der Waals surface area contributed by atoms with Crippen molar-refractivity contribution in [2.24, 2.45) is 5.92 Å². The SMILES string of the molecule is CC(=O)Nc1ccn([C@@H]2O[C@H](CO)C(O)[C@H]2C)c(=O)n1. The molecule has 1 fully saturated rings. The highest BCUT2D eigenvalue weighted by Crippen LogP contribution is 2.33. The number of amides is 1. The Labute approximate surface area is 115 Å². The first-order valence-corrected chi connectivity index (χ1v) is 6.25. The van der Waals surface area contributed by atoms with E-state index in [2.05, 4.69) is 10.3 Å². The molecule has 1 aliphatic rings. The molecule has 0 saturated carbocycles. The second kappa shape index (κ2) is 5.70. The standard InChI is InChI=1S/C12H17N3O5/c1-6-10(18)8(5-16)20-11(6)15-4-3-9(13-7(2)17)14-12(15)19/h3-4,6,8,10-11,16,18H,5H2,1-2H3,(H,13,14,17,19)/t6-,8-,10?,11-/m1/s1. The van der Waals surface area contributed by atoms with Crippen molar-refractivity contribution in [2.75, 3.05) is 11.9 Å². The molecule has 1 aromatic heterocycles. The van der Waals surface area contributed by atoms with Gasteiger partial charge in [0.25, 0.3) is 0 Å². The van der Waals surface area contributed by atoms with Crippen molar-refractivity contribution < 1.29 is 19.7 Å². The molecule has 0 radical (unpaired) electrons. The molecule has 1 unspecified atom stereocenters. The van der Waals surface area contributed by atoms with E-state index in [1.165, 1.54) is 23.8 Å². The summed E-state index contributed by atoms with van der Waals surface area (Å²) >= 11 is 0. The number of nitrogens with zero attached hydrogens (tertiary/aromatic N) is 2. The minimum atomic E-state index is -0.855.